The van der Waals surface area contributed by atoms with Gasteiger partial charge < -0.3 is 4.74 Å². The Morgan fingerprint density at radius 1 is 0.955 bits per heavy atom. The molecule has 1 rings (SSSR count). The van der Waals surface area contributed by atoms with Crippen molar-refractivity contribution in [2.24, 2.45) is 5.92 Å². The summed E-state index contributed by atoms with van der Waals surface area (Å²) in [4.78, 5) is 11.2. The molecule has 0 aliphatic heterocycles. The van der Waals surface area contributed by atoms with Crippen LogP contribution in [0.2, 0.25) is 0 Å². The highest BCUT2D eigenvalue weighted by Crippen LogP contribution is 2.23. The first-order valence-corrected chi connectivity index (χ1v) is 9.65. The molecule has 22 heavy (non-hydrogen) atoms. The van der Waals surface area contributed by atoms with Crippen LogP contribution in [-0.2, 0) is 9.53 Å². The van der Waals surface area contributed by atoms with Gasteiger partial charge in [-0.15, -0.1) is 0 Å². The zero-order valence-corrected chi connectivity index (χ0v) is 14.7. The summed E-state index contributed by atoms with van der Waals surface area (Å²) in [5.74, 6) is 0.866. The summed E-state index contributed by atoms with van der Waals surface area (Å²) in [6, 6.07) is 0. The lowest BCUT2D eigenvalue weighted by Crippen LogP contribution is -2.03. The fourth-order valence-electron chi connectivity index (χ4n) is 3.26. The summed E-state index contributed by atoms with van der Waals surface area (Å²) in [5.41, 5.74) is 0. The second-order valence-electron chi connectivity index (χ2n) is 6.64. The second-order valence-corrected chi connectivity index (χ2v) is 6.64. The summed E-state index contributed by atoms with van der Waals surface area (Å²) in [7, 11) is 0. The standard InChI is InChI=1S/C20H36O2/c1-2-22-20(21)18-12-10-8-6-4-3-5-7-9-11-15-19-16-13-14-17-19/h13,16,19H,2-12,14-15,17-18H2,1H3/t19-/m0/s1. The van der Waals surface area contributed by atoms with Gasteiger partial charge in [0.1, 0.15) is 0 Å². The SMILES string of the molecule is CCOC(=O)CCCCCCCCCCCC[C@H]1C=CCC1. The first kappa shape index (κ1) is 19.3. The molecule has 0 saturated carbocycles. The molecule has 0 fully saturated rings. The van der Waals surface area contributed by atoms with E-state index in [0.29, 0.717) is 13.0 Å². The molecule has 0 N–H and O–H groups in total. The van der Waals surface area contributed by atoms with E-state index in [4.69, 9.17) is 4.74 Å². The summed E-state index contributed by atoms with van der Waals surface area (Å²) in [5, 5.41) is 0. The second kappa shape index (κ2) is 13.8. The maximum atomic E-state index is 11.2. The van der Waals surface area contributed by atoms with Crippen LogP contribution in [0.25, 0.3) is 0 Å². The van der Waals surface area contributed by atoms with Gasteiger partial charge in [0.2, 0.25) is 0 Å². The van der Waals surface area contributed by atoms with Gasteiger partial charge in [0.25, 0.3) is 0 Å². The molecule has 0 aromatic rings. The van der Waals surface area contributed by atoms with Crippen LogP contribution >= 0.6 is 0 Å². The van der Waals surface area contributed by atoms with Gasteiger partial charge in [0, 0.05) is 6.42 Å². The van der Waals surface area contributed by atoms with Crippen LogP contribution in [0.1, 0.15) is 96.8 Å². The Morgan fingerprint density at radius 3 is 2.09 bits per heavy atom. The van der Waals surface area contributed by atoms with E-state index in [-0.39, 0.29) is 5.97 Å². The predicted molar refractivity (Wildman–Crippen MR) is 93.9 cm³/mol. The molecule has 0 spiro atoms. The quantitative estimate of drug-likeness (QED) is 0.217. The van der Waals surface area contributed by atoms with Crippen LogP contribution in [0, 0.1) is 5.92 Å². The zero-order chi connectivity index (χ0) is 15.9. The van der Waals surface area contributed by atoms with E-state index in [1.807, 2.05) is 6.92 Å². The topological polar surface area (TPSA) is 26.3 Å². The van der Waals surface area contributed by atoms with Crippen molar-refractivity contribution in [2.45, 2.75) is 96.8 Å². The average molecular weight is 309 g/mol. The van der Waals surface area contributed by atoms with E-state index in [2.05, 4.69) is 12.2 Å². The smallest absolute Gasteiger partial charge is 0.305 e. The number of hydrogen-bond donors (Lipinski definition) is 0. The van der Waals surface area contributed by atoms with Gasteiger partial charge >= 0.3 is 5.97 Å². The molecule has 0 heterocycles. The van der Waals surface area contributed by atoms with Crippen molar-refractivity contribution in [2.75, 3.05) is 6.61 Å². The summed E-state index contributed by atoms with van der Waals surface area (Å²) >= 11 is 0. The van der Waals surface area contributed by atoms with Crippen molar-refractivity contribution < 1.29 is 9.53 Å². The fourth-order valence-corrected chi connectivity index (χ4v) is 3.26. The Labute approximate surface area is 137 Å². The van der Waals surface area contributed by atoms with Gasteiger partial charge in [0.05, 0.1) is 6.61 Å². The molecule has 0 saturated heterocycles. The molecule has 0 unspecified atom stereocenters. The molecule has 0 aromatic carbocycles. The van der Waals surface area contributed by atoms with E-state index >= 15 is 0 Å². The lowest BCUT2D eigenvalue weighted by atomic mass is 9.99. The third-order valence-electron chi connectivity index (χ3n) is 4.62. The number of ether oxygens (including phenoxy) is 1. The molecule has 0 radical (unpaired) electrons. The van der Waals surface area contributed by atoms with Crippen molar-refractivity contribution in [3.63, 3.8) is 0 Å². The van der Waals surface area contributed by atoms with Gasteiger partial charge in [-0.25, -0.2) is 0 Å². The number of allylic oxidation sites excluding steroid dienone is 2. The van der Waals surface area contributed by atoms with Crippen molar-refractivity contribution in [1.82, 2.24) is 0 Å². The Morgan fingerprint density at radius 2 is 1.55 bits per heavy atom. The van der Waals surface area contributed by atoms with E-state index < -0.39 is 0 Å². The van der Waals surface area contributed by atoms with Crippen molar-refractivity contribution in [3.05, 3.63) is 12.2 Å². The molecule has 1 aliphatic rings. The van der Waals surface area contributed by atoms with Gasteiger partial charge in [-0.3, -0.25) is 4.79 Å². The monoisotopic (exact) mass is 308 g/mol. The lowest BCUT2D eigenvalue weighted by Gasteiger charge is -2.07. The van der Waals surface area contributed by atoms with Gasteiger partial charge in [-0.2, -0.15) is 0 Å². The van der Waals surface area contributed by atoms with Crippen LogP contribution in [-0.4, -0.2) is 12.6 Å². The zero-order valence-electron chi connectivity index (χ0n) is 14.7. The first-order chi connectivity index (χ1) is 10.8. The minimum Gasteiger partial charge on any atom is -0.466 e. The van der Waals surface area contributed by atoms with Gasteiger partial charge in [-0.1, -0.05) is 69.9 Å². The highest BCUT2D eigenvalue weighted by molar-refractivity contribution is 5.69. The first-order valence-electron chi connectivity index (χ1n) is 9.65. The molecule has 1 atom stereocenters. The van der Waals surface area contributed by atoms with Crippen LogP contribution < -0.4 is 0 Å². The normalized spacial score (nSPS) is 17.0. The molecule has 2 heteroatoms. The van der Waals surface area contributed by atoms with Gasteiger partial charge in [0.15, 0.2) is 0 Å². The third-order valence-corrected chi connectivity index (χ3v) is 4.62. The molecule has 0 bridgehead atoms. The predicted octanol–water partition coefficient (Wildman–Crippen LogP) is 6.20. The molecule has 128 valence electrons. The highest BCUT2D eigenvalue weighted by Gasteiger charge is 2.07. The maximum absolute atomic E-state index is 11.2. The van der Waals surface area contributed by atoms with Crippen molar-refractivity contribution in [1.29, 1.82) is 0 Å². The summed E-state index contributed by atoms with van der Waals surface area (Å²) < 4.78 is 4.92. The van der Waals surface area contributed by atoms with E-state index in [0.717, 1.165) is 12.3 Å². The number of esters is 1. The minimum atomic E-state index is -0.0319. The Hall–Kier alpha value is -0.790. The number of rotatable bonds is 14. The van der Waals surface area contributed by atoms with Crippen LogP contribution in [0.3, 0.4) is 0 Å². The summed E-state index contributed by atoms with van der Waals surface area (Å²) in [6.07, 6.45) is 22.7. The van der Waals surface area contributed by atoms with Crippen LogP contribution in [0.15, 0.2) is 12.2 Å². The molecular formula is C20H36O2. The molecular weight excluding hydrogens is 272 g/mol. The largest absolute Gasteiger partial charge is 0.466 e. The van der Waals surface area contributed by atoms with Crippen molar-refractivity contribution >= 4 is 5.97 Å². The Bertz CT molecular complexity index is 296. The van der Waals surface area contributed by atoms with Crippen LogP contribution in [0.5, 0.6) is 0 Å². The molecule has 2 nitrogen and oxygen atoms in total. The molecule has 1 aliphatic carbocycles. The van der Waals surface area contributed by atoms with Crippen molar-refractivity contribution in [3.8, 4) is 0 Å². The fraction of sp³-hybridized carbons (Fsp3) is 0.850. The van der Waals surface area contributed by atoms with E-state index in [1.54, 1.807) is 0 Å². The Balaban J connectivity index is 1.71. The minimum absolute atomic E-state index is 0.0319. The van der Waals surface area contributed by atoms with Gasteiger partial charge in [-0.05, 0) is 38.5 Å². The van der Waals surface area contributed by atoms with E-state index in [1.165, 1.54) is 77.0 Å². The number of unbranched alkanes of at least 4 members (excludes halogenated alkanes) is 9. The molecule has 0 amide bonds. The van der Waals surface area contributed by atoms with Crippen LogP contribution in [0.4, 0.5) is 0 Å². The third kappa shape index (κ3) is 10.9. The molecule has 0 aromatic heterocycles. The highest BCUT2D eigenvalue weighted by atomic mass is 16.5. The number of hydrogen-bond acceptors (Lipinski definition) is 2. The number of carbonyl (C=O) groups excluding carboxylic acids is 1. The lowest BCUT2D eigenvalue weighted by molar-refractivity contribution is -0.143. The maximum Gasteiger partial charge on any atom is 0.305 e. The average Bonchev–Trinajstić information content (AvgIpc) is 3.02. The summed E-state index contributed by atoms with van der Waals surface area (Å²) in [6.45, 7) is 2.37. The van der Waals surface area contributed by atoms with E-state index in [9.17, 15) is 4.79 Å². The number of carbonyl (C=O) groups is 1. The Kier molecular flexibility index (Phi) is 12.1.